The molecule has 1 aromatic heterocycles. The lowest BCUT2D eigenvalue weighted by Gasteiger charge is -2.31. The highest BCUT2D eigenvalue weighted by molar-refractivity contribution is 7.89. The molecule has 2 atom stereocenters. The van der Waals surface area contributed by atoms with Crippen molar-refractivity contribution >= 4 is 49.2 Å². The lowest BCUT2D eigenvalue weighted by Crippen LogP contribution is -2.56. The van der Waals surface area contributed by atoms with Gasteiger partial charge in [-0.05, 0) is 59.2 Å². The SMILES string of the molecule is Nc1nccc2cc(CC(NC(=O)[C@H](CO)NS(=O)(=O)c3ccc4ccccc4c3)C(=O)N3CCCCC3)ccc12. The largest absolute Gasteiger partial charge is 0.394 e. The fourth-order valence-electron chi connectivity index (χ4n) is 5.18. The number of aromatic nitrogens is 1. The van der Waals surface area contributed by atoms with E-state index in [1.54, 1.807) is 29.3 Å². The van der Waals surface area contributed by atoms with Gasteiger partial charge >= 0.3 is 0 Å². The first-order valence-electron chi connectivity index (χ1n) is 13.6. The number of nitrogens with two attached hydrogens (primary N) is 1. The summed E-state index contributed by atoms with van der Waals surface area (Å²) in [5.74, 6) is -0.643. The first-order valence-corrected chi connectivity index (χ1v) is 15.1. The maximum atomic E-state index is 13.6. The lowest BCUT2D eigenvalue weighted by molar-refractivity contribution is -0.137. The molecular formula is C30H33N5O5S. The molecule has 214 valence electrons. The Labute approximate surface area is 238 Å². The number of carbonyl (C=O) groups excluding carboxylic acids is 2. The molecule has 1 aliphatic rings. The number of sulfonamides is 1. The summed E-state index contributed by atoms with van der Waals surface area (Å²) in [4.78, 5) is 32.7. The number of nitrogen functional groups attached to an aromatic ring is 1. The van der Waals surface area contributed by atoms with Crippen molar-refractivity contribution in [2.75, 3.05) is 25.4 Å². The molecule has 5 N–H and O–H groups in total. The third-order valence-electron chi connectivity index (χ3n) is 7.41. The van der Waals surface area contributed by atoms with Crippen molar-refractivity contribution in [1.82, 2.24) is 19.9 Å². The topological polar surface area (TPSA) is 155 Å². The minimum Gasteiger partial charge on any atom is -0.394 e. The normalized spacial score (nSPS) is 15.5. The van der Waals surface area contributed by atoms with Crippen molar-refractivity contribution in [2.24, 2.45) is 0 Å². The molecule has 1 saturated heterocycles. The van der Waals surface area contributed by atoms with Gasteiger partial charge in [0.1, 0.15) is 17.9 Å². The van der Waals surface area contributed by atoms with Crippen LogP contribution < -0.4 is 15.8 Å². The van der Waals surface area contributed by atoms with Gasteiger partial charge < -0.3 is 21.1 Å². The highest BCUT2D eigenvalue weighted by Crippen LogP contribution is 2.22. The number of amides is 2. The molecule has 0 bridgehead atoms. The van der Waals surface area contributed by atoms with Gasteiger partial charge in [0.15, 0.2) is 0 Å². The lowest BCUT2D eigenvalue weighted by atomic mass is 10.00. The molecule has 2 amide bonds. The van der Waals surface area contributed by atoms with Gasteiger partial charge in [-0.15, -0.1) is 0 Å². The van der Waals surface area contributed by atoms with Crippen LogP contribution in [0.4, 0.5) is 5.82 Å². The number of fused-ring (bicyclic) bond motifs is 2. The summed E-state index contributed by atoms with van der Waals surface area (Å²) in [6, 6.07) is 16.9. The molecule has 1 fully saturated rings. The van der Waals surface area contributed by atoms with Crippen LogP contribution in [0.3, 0.4) is 0 Å². The molecule has 0 radical (unpaired) electrons. The number of piperidine rings is 1. The first kappa shape index (κ1) is 28.5. The quantitative estimate of drug-likeness (QED) is 0.239. The zero-order valence-electron chi connectivity index (χ0n) is 22.5. The van der Waals surface area contributed by atoms with Crippen molar-refractivity contribution in [2.45, 2.75) is 42.7 Å². The van der Waals surface area contributed by atoms with Crippen molar-refractivity contribution in [3.63, 3.8) is 0 Å². The van der Waals surface area contributed by atoms with Crippen LogP contribution in [0.5, 0.6) is 0 Å². The van der Waals surface area contributed by atoms with Crippen LogP contribution in [0.2, 0.25) is 0 Å². The molecule has 5 rings (SSSR count). The Morgan fingerprint density at radius 2 is 1.68 bits per heavy atom. The maximum Gasteiger partial charge on any atom is 0.245 e. The van der Waals surface area contributed by atoms with Gasteiger partial charge in [-0.3, -0.25) is 9.59 Å². The molecule has 4 aromatic rings. The Morgan fingerprint density at radius 1 is 0.927 bits per heavy atom. The summed E-state index contributed by atoms with van der Waals surface area (Å²) in [5.41, 5.74) is 6.77. The van der Waals surface area contributed by atoms with Crippen molar-refractivity contribution < 1.29 is 23.1 Å². The molecule has 11 heteroatoms. The zero-order chi connectivity index (χ0) is 29.0. The van der Waals surface area contributed by atoms with E-state index < -0.39 is 34.6 Å². The third kappa shape index (κ3) is 6.48. The van der Waals surface area contributed by atoms with E-state index in [1.807, 2.05) is 36.4 Å². The summed E-state index contributed by atoms with van der Waals surface area (Å²) in [5, 5.41) is 16.0. The van der Waals surface area contributed by atoms with Crippen LogP contribution in [0.25, 0.3) is 21.5 Å². The van der Waals surface area contributed by atoms with Gasteiger partial charge in [0.2, 0.25) is 21.8 Å². The monoisotopic (exact) mass is 575 g/mol. The molecule has 10 nitrogen and oxygen atoms in total. The van der Waals surface area contributed by atoms with E-state index >= 15 is 0 Å². The summed E-state index contributed by atoms with van der Waals surface area (Å²) in [7, 11) is -4.16. The van der Waals surface area contributed by atoms with E-state index in [0.717, 1.165) is 46.4 Å². The predicted octanol–water partition coefficient (Wildman–Crippen LogP) is 2.35. The molecule has 3 aromatic carbocycles. The minimum absolute atomic E-state index is 0.0340. The standard InChI is InChI=1S/C30H33N5O5S/c31-28-25-11-8-20(16-23(25)12-13-32-28)17-26(30(38)35-14-4-1-5-15-35)33-29(37)27(19-36)34-41(39,40)24-10-9-21-6-2-3-7-22(21)18-24/h2-3,6-13,16,18,26-27,34,36H,1,4-5,14-15,17,19H2,(H2,31,32)(H,33,37)/t26?,27-/m0/s1. The summed E-state index contributed by atoms with van der Waals surface area (Å²) in [6.45, 7) is 0.387. The Hall–Kier alpha value is -4.06. The van der Waals surface area contributed by atoms with E-state index in [4.69, 9.17) is 5.73 Å². The van der Waals surface area contributed by atoms with Crippen molar-refractivity contribution in [3.8, 4) is 0 Å². The molecule has 0 aliphatic carbocycles. The number of pyridine rings is 1. The number of hydrogen-bond donors (Lipinski definition) is 4. The molecule has 2 heterocycles. The number of rotatable bonds is 9. The minimum atomic E-state index is -4.16. The average Bonchev–Trinajstić information content (AvgIpc) is 2.99. The zero-order valence-corrected chi connectivity index (χ0v) is 23.3. The Bertz CT molecular complexity index is 1690. The van der Waals surface area contributed by atoms with Gasteiger partial charge in [0.25, 0.3) is 0 Å². The second-order valence-electron chi connectivity index (χ2n) is 10.3. The van der Waals surface area contributed by atoms with Crippen LogP contribution in [0.1, 0.15) is 24.8 Å². The maximum absolute atomic E-state index is 13.6. The Kier molecular flexibility index (Phi) is 8.48. The smallest absolute Gasteiger partial charge is 0.245 e. The number of benzene rings is 3. The number of carbonyl (C=O) groups is 2. The van der Waals surface area contributed by atoms with Gasteiger partial charge in [-0.1, -0.05) is 48.5 Å². The molecular weight excluding hydrogens is 542 g/mol. The Balaban J connectivity index is 1.37. The molecule has 1 unspecified atom stereocenters. The second kappa shape index (κ2) is 12.2. The molecule has 41 heavy (non-hydrogen) atoms. The second-order valence-corrected chi connectivity index (χ2v) is 12.0. The molecule has 0 saturated carbocycles. The van der Waals surface area contributed by atoms with Crippen LogP contribution in [0, 0.1) is 0 Å². The number of nitrogens with zero attached hydrogens (tertiary/aromatic N) is 2. The van der Waals surface area contributed by atoms with Gasteiger partial charge in [-0.25, -0.2) is 13.4 Å². The highest BCUT2D eigenvalue weighted by atomic mass is 32.2. The number of aliphatic hydroxyl groups excluding tert-OH is 1. The first-order chi connectivity index (χ1) is 19.7. The summed E-state index contributed by atoms with van der Waals surface area (Å²) < 4.78 is 28.6. The highest BCUT2D eigenvalue weighted by Gasteiger charge is 2.32. The average molecular weight is 576 g/mol. The molecule has 0 spiro atoms. The number of aliphatic hydroxyl groups is 1. The Morgan fingerprint density at radius 3 is 2.44 bits per heavy atom. The van der Waals surface area contributed by atoms with E-state index in [0.29, 0.717) is 18.9 Å². The van der Waals surface area contributed by atoms with Crippen LogP contribution in [-0.2, 0) is 26.0 Å². The van der Waals surface area contributed by atoms with E-state index in [-0.39, 0.29) is 17.2 Å². The molecule has 1 aliphatic heterocycles. The number of anilines is 1. The summed E-state index contributed by atoms with van der Waals surface area (Å²) in [6.07, 6.45) is 4.56. The fraction of sp³-hybridized carbons (Fsp3) is 0.300. The predicted molar refractivity (Wildman–Crippen MR) is 157 cm³/mol. The van der Waals surface area contributed by atoms with E-state index in [9.17, 15) is 23.1 Å². The van der Waals surface area contributed by atoms with Crippen LogP contribution >= 0.6 is 0 Å². The number of nitrogens with one attached hydrogen (secondary N) is 2. The fourth-order valence-corrected chi connectivity index (χ4v) is 6.41. The van der Waals surface area contributed by atoms with Crippen LogP contribution in [0.15, 0.2) is 77.8 Å². The third-order valence-corrected chi connectivity index (χ3v) is 8.88. The number of hydrogen-bond acceptors (Lipinski definition) is 7. The van der Waals surface area contributed by atoms with E-state index in [2.05, 4.69) is 15.0 Å². The van der Waals surface area contributed by atoms with Gasteiger partial charge in [0.05, 0.1) is 11.5 Å². The van der Waals surface area contributed by atoms with Crippen molar-refractivity contribution in [1.29, 1.82) is 0 Å². The van der Waals surface area contributed by atoms with Gasteiger partial charge in [0, 0.05) is 31.1 Å². The van der Waals surface area contributed by atoms with Gasteiger partial charge in [-0.2, -0.15) is 4.72 Å². The van der Waals surface area contributed by atoms with E-state index in [1.165, 1.54) is 12.1 Å². The van der Waals surface area contributed by atoms with Crippen LogP contribution in [-0.4, -0.2) is 67.0 Å². The summed E-state index contributed by atoms with van der Waals surface area (Å²) >= 11 is 0. The number of likely N-dealkylation sites (tertiary alicyclic amines) is 1. The van der Waals surface area contributed by atoms with Crippen molar-refractivity contribution in [3.05, 3.63) is 78.5 Å².